The first-order valence-corrected chi connectivity index (χ1v) is 12.8. The van der Waals surface area contributed by atoms with Crippen LogP contribution in [0.25, 0.3) is 0 Å². The van der Waals surface area contributed by atoms with E-state index in [1.807, 2.05) is 0 Å². The molecule has 0 aromatic heterocycles. The number of hydrogen-bond donors (Lipinski definition) is 0. The van der Waals surface area contributed by atoms with Crippen molar-refractivity contribution in [3.05, 3.63) is 86.5 Å². The zero-order valence-electron chi connectivity index (χ0n) is 11.5. The number of rotatable bonds is 2. The quantitative estimate of drug-likeness (QED) is 0.626. The molecule has 0 aromatic rings. The molecule has 2 fully saturated rings. The van der Waals surface area contributed by atoms with E-state index in [0.717, 1.165) is 0 Å². The predicted octanol–water partition coefficient (Wildman–Crippen LogP) is 5.07. The van der Waals surface area contributed by atoms with Crippen LogP contribution in [0.3, 0.4) is 0 Å². The molecule has 2 saturated carbocycles. The van der Waals surface area contributed by atoms with Gasteiger partial charge in [-0.15, -0.1) is 0 Å². The fraction of sp³-hybridized carbons (Fsp3) is 0.176. The molecule has 100 valence electrons. The third-order valence-corrected chi connectivity index (χ3v) is 3.74. The standard InChI is InChI=1S/C17H16.2ClH.Zr/c1-17(2,14-8-4-5-9-14)16-12-11-13-7-3-6-10-15(13)16;;;/h3-12H,1-2H3;2*1H;/q;;;+4/p-2. The van der Waals surface area contributed by atoms with Crippen LogP contribution in [0.15, 0.2) is 24.3 Å². The Hall–Kier alpha value is 0.943. The summed E-state index contributed by atoms with van der Waals surface area (Å²) in [5.41, 5.74) is 0.0760. The van der Waals surface area contributed by atoms with Crippen molar-refractivity contribution in [2.24, 2.45) is 5.41 Å². The van der Waals surface area contributed by atoms with Gasteiger partial charge in [0.1, 0.15) is 0 Å². The first-order valence-electron chi connectivity index (χ1n) is 6.44. The molecule has 0 heterocycles. The summed E-state index contributed by atoms with van der Waals surface area (Å²) in [6.45, 7) is 4.59. The zero-order chi connectivity index (χ0) is 14.6. The Bertz CT molecular complexity index is 356. The Morgan fingerprint density at radius 3 is 2.15 bits per heavy atom. The summed E-state index contributed by atoms with van der Waals surface area (Å²) in [5.74, 6) is 5.51. The number of allylic oxidation sites excluding steroid dienone is 4. The molecule has 3 rings (SSSR count). The molecule has 0 nitrogen and oxygen atoms in total. The summed E-state index contributed by atoms with van der Waals surface area (Å²) >= 11 is -0.826. The topological polar surface area (TPSA) is 0 Å². The third kappa shape index (κ3) is 3.82. The van der Waals surface area contributed by atoms with Crippen molar-refractivity contribution in [1.29, 1.82) is 0 Å². The fourth-order valence-electron chi connectivity index (χ4n) is 2.64. The molecule has 0 N–H and O–H groups in total. The molecule has 10 radical (unpaired) electrons. The second kappa shape index (κ2) is 7.98. The van der Waals surface area contributed by atoms with Gasteiger partial charge in [0.05, 0.1) is 0 Å². The van der Waals surface area contributed by atoms with E-state index in [1.54, 1.807) is 0 Å². The molecule has 0 spiro atoms. The molecular weight excluding hydrogens is 366 g/mol. The Kier molecular flexibility index (Phi) is 6.90. The van der Waals surface area contributed by atoms with Gasteiger partial charge in [-0.05, 0) is 55.8 Å². The van der Waals surface area contributed by atoms with Crippen LogP contribution in [-0.4, -0.2) is 0 Å². The Morgan fingerprint density at radius 2 is 1.50 bits per heavy atom. The van der Waals surface area contributed by atoms with E-state index in [2.05, 4.69) is 76.7 Å². The first kappa shape index (κ1) is 17.3. The Labute approximate surface area is 143 Å². The summed E-state index contributed by atoms with van der Waals surface area (Å²) in [6.07, 6.45) is 21.7. The van der Waals surface area contributed by atoms with Crippen molar-refractivity contribution < 1.29 is 20.8 Å². The molecule has 3 aliphatic rings. The average molecular weight is 382 g/mol. The molecule has 3 aliphatic carbocycles. The van der Waals surface area contributed by atoms with Crippen molar-refractivity contribution in [2.45, 2.75) is 13.8 Å². The normalized spacial score (nSPS) is 24.4. The summed E-state index contributed by atoms with van der Waals surface area (Å²) in [5, 5.41) is 0. The van der Waals surface area contributed by atoms with Crippen molar-refractivity contribution in [2.75, 3.05) is 0 Å². The molecule has 0 unspecified atom stereocenters. The number of halogens is 2. The van der Waals surface area contributed by atoms with Crippen LogP contribution in [0.4, 0.5) is 0 Å². The van der Waals surface area contributed by atoms with E-state index in [0.29, 0.717) is 0 Å². The van der Waals surface area contributed by atoms with Crippen molar-refractivity contribution in [3.63, 3.8) is 0 Å². The van der Waals surface area contributed by atoms with E-state index in [9.17, 15) is 0 Å². The monoisotopic (exact) mass is 380 g/mol. The number of fused-ring (bicyclic) bond motifs is 1. The predicted molar refractivity (Wildman–Crippen MR) is 82.5 cm³/mol. The molecule has 3 heteroatoms. The zero-order valence-corrected chi connectivity index (χ0v) is 15.5. The van der Waals surface area contributed by atoms with Crippen LogP contribution in [0, 0.1) is 67.6 Å². The third-order valence-electron chi connectivity index (χ3n) is 3.74. The van der Waals surface area contributed by atoms with Gasteiger partial charge in [-0.3, -0.25) is 0 Å². The van der Waals surface area contributed by atoms with Crippen LogP contribution in [0.2, 0.25) is 0 Å². The van der Waals surface area contributed by atoms with E-state index < -0.39 is 20.8 Å². The Balaban J connectivity index is 0.000000452. The van der Waals surface area contributed by atoms with E-state index in [1.165, 1.54) is 23.7 Å². The molecule has 0 aliphatic heterocycles. The van der Waals surface area contributed by atoms with E-state index in [-0.39, 0.29) is 5.41 Å². The van der Waals surface area contributed by atoms with Crippen molar-refractivity contribution in [1.82, 2.24) is 0 Å². The summed E-state index contributed by atoms with van der Waals surface area (Å²) < 4.78 is 0. The minimum atomic E-state index is -0.826. The minimum absolute atomic E-state index is 0.0760. The molecule has 0 aromatic carbocycles. The van der Waals surface area contributed by atoms with Crippen LogP contribution < -0.4 is 0 Å². The maximum absolute atomic E-state index is 4.93. The molecule has 20 heavy (non-hydrogen) atoms. The second-order valence-corrected chi connectivity index (χ2v) is 8.94. The van der Waals surface area contributed by atoms with Gasteiger partial charge in [0.15, 0.2) is 0 Å². The molecule has 0 atom stereocenters. The van der Waals surface area contributed by atoms with Gasteiger partial charge in [0.2, 0.25) is 0 Å². The summed E-state index contributed by atoms with van der Waals surface area (Å²) in [6, 6.07) is 0. The van der Waals surface area contributed by atoms with Gasteiger partial charge in [-0.1, -0.05) is 38.2 Å². The van der Waals surface area contributed by atoms with Crippen LogP contribution in [0.1, 0.15) is 13.8 Å². The van der Waals surface area contributed by atoms with Gasteiger partial charge < -0.3 is 0 Å². The van der Waals surface area contributed by atoms with Gasteiger partial charge >= 0.3 is 37.9 Å². The summed E-state index contributed by atoms with van der Waals surface area (Å²) in [7, 11) is 9.87. The second-order valence-electron chi connectivity index (χ2n) is 5.20. The van der Waals surface area contributed by atoms with E-state index in [4.69, 9.17) is 17.0 Å². The van der Waals surface area contributed by atoms with Crippen LogP contribution in [0.5, 0.6) is 0 Å². The number of hydrogen-bond acceptors (Lipinski definition) is 0. The maximum atomic E-state index is 4.93. The van der Waals surface area contributed by atoms with Gasteiger partial charge in [0.25, 0.3) is 0 Å². The molecule has 0 bridgehead atoms. The van der Waals surface area contributed by atoms with Gasteiger partial charge in [-0.2, -0.15) is 0 Å². The molecular formula is C17H16Cl2Zr+2. The summed E-state index contributed by atoms with van der Waals surface area (Å²) in [4.78, 5) is 0. The van der Waals surface area contributed by atoms with Gasteiger partial charge in [0, 0.05) is 11.8 Å². The molecule has 0 amide bonds. The van der Waals surface area contributed by atoms with Gasteiger partial charge in [-0.25, -0.2) is 0 Å². The molecule has 0 saturated heterocycles. The van der Waals surface area contributed by atoms with Crippen LogP contribution in [-0.2, 0) is 20.8 Å². The van der Waals surface area contributed by atoms with Crippen molar-refractivity contribution >= 4 is 17.0 Å². The first-order chi connectivity index (χ1) is 9.61. The fourth-order valence-corrected chi connectivity index (χ4v) is 2.64. The van der Waals surface area contributed by atoms with Crippen molar-refractivity contribution in [3.8, 4) is 0 Å². The SMILES string of the molecule is CC(C)([C]1[CH][CH][CH][CH]1)[C]1[CH][CH][C]2C=CC=C[C]21.[Cl][Zr+2][Cl]. The van der Waals surface area contributed by atoms with E-state index >= 15 is 0 Å². The Morgan fingerprint density at radius 1 is 0.900 bits per heavy atom. The average Bonchev–Trinajstić information content (AvgIpc) is 3.10. The van der Waals surface area contributed by atoms with Crippen LogP contribution >= 0.6 is 17.0 Å².